The van der Waals surface area contributed by atoms with Crippen molar-refractivity contribution in [2.45, 2.75) is 31.4 Å². The quantitative estimate of drug-likeness (QED) is 0.855. The second-order valence-electron chi connectivity index (χ2n) is 4.40. The first-order valence-corrected chi connectivity index (χ1v) is 5.56. The van der Waals surface area contributed by atoms with Gasteiger partial charge in [-0.15, -0.1) is 0 Å². The van der Waals surface area contributed by atoms with Gasteiger partial charge >= 0.3 is 0 Å². The lowest BCUT2D eigenvalue weighted by Gasteiger charge is -2.10. The Morgan fingerprint density at radius 1 is 1.47 bits per heavy atom. The molecule has 0 unspecified atom stereocenters. The second-order valence-corrected chi connectivity index (χ2v) is 4.81. The number of benzene rings is 1. The van der Waals surface area contributed by atoms with E-state index in [-0.39, 0.29) is 5.54 Å². The van der Waals surface area contributed by atoms with E-state index in [0.717, 1.165) is 29.8 Å². The summed E-state index contributed by atoms with van der Waals surface area (Å²) in [4.78, 5) is 0. The number of hydrogen-bond acceptors (Lipinski definition) is 2. The molecule has 0 atom stereocenters. The van der Waals surface area contributed by atoms with Crippen molar-refractivity contribution in [2.75, 3.05) is 7.11 Å². The van der Waals surface area contributed by atoms with Crippen molar-refractivity contribution in [1.29, 1.82) is 0 Å². The lowest BCUT2D eigenvalue weighted by molar-refractivity contribution is 0.185. The Balaban J connectivity index is 2.10. The van der Waals surface area contributed by atoms with Crippen molar-refractivity contribution in [2.24, 2.45) is 5.73 Å². The van der Waals surface area contributed by atoms with Gasteiger partial charge in [-0.05, 0) is 36.5 Å². The molecule has 0 aliphatic heterocycles. The summed E-state index contributed by atoms with van der Waals surface area (Å²) in [6.45, 7) is 0.562. The van der Waals surface area contributed by atoms with Crippen LogP contribution in [0.4, 0.5) is 0 Å². The molecule has 82 valence electrons. The van der Waals surface area contributed by atoms with Crippen LogP contribution in [0.5, 0.6) is 0 Å². The summed E-state index contributed by atoms with van der Waals surface area (Å²) in [5.41, 5.74) is 8.36. The van der Waals surface area contributed by atoms with Crippen molar-refractivity contribution in [3.8, 4) is 0 Å². The molecule has 0 aromatic heterocycles. The summed E-state index contributed by atoms with van der Waals surface area (Å²) in [6, 6.07) is 6.11. The predicted octanol–water partition coefficient (Wildman–Crippen LogP) is 2.52. The molecule has 0 saturated heterocycles. The van der Waals surface area contributed by atoms with Gasteiger partial charge in [0.1, 0.15) is 0 Å². The number of ether oxygens (including phenoxy) is 1. The van der Waals surface area contributed by atoms with E-state index >= 15 is 0 Å². The van der Waals surface area contributed by atoms with Crippen LogP contribution in [0.2, 0.25) is 5.02 Å². The first-order valence-electron chi connectivity index (χ1n) is 5.18. The van der Waals surface area contributed by atoms with Crippen LogP contribution in [-0.4, -0.2) is 12.6 Å². The van der Waals surface area contributed by atoms with E-state index in [0.29, 0.717) is 6.61 Å². The van der Waals surface area contributed by atoms with Crippen LogP contribution in [0.3, 0.4) is 0 Å². The minimum atomic E-state index is 0.0477. The van der Waals surface area contributed by atoms with Gasteiger partial charge in [0.05, 0.1) is 6.61 Å². The SMILES string of the molecule is COCc1ccc(CC2(N)CC2)cc1Cl. The topological polar surface area (TPSA) is 35.2 Å². The van der Waals surface area contributed by atoms with Crippen molar-refractivity contribution in [3.05, 3.63) is 34.3 Å². The fourth-order valence-corrected chi connectivity index (χ4v) is 1.97. The van der Waals surface area contributed by atoms with Gasteiger partial charge in [0.2, 0.25) is 0 Å². The molecule has 0 spiro atoms. The number of methoxy groups -OCH3 is 1. The first kappa shape index (κ1) is 10.9. The van der Waals surface area contributed by atoms with Crippen LogP contribution < -0.4 is 5.73 Å². The van der Waals surface area contributed by atoms with E-state index in [1.165, 1.54) is 5.56 Å². The summed E-state index contributed by atoms with van der Waals surface area (Å²) >= 11 is 6.14. The Kier molecular flexibility index (Phi) is 3.01. The fraction of sp³-hybridized carbons (Fsp3) is 0.500. The monoisotopic (exact) mass is 225 g/mol. The molecule has 0 bridgehead atoms. The van der Waals surface area contributed by atoms with Gasteiger partial charge in [0.25, 0.3) is 0 Å². The van der Waals surface area contributed by atoms with E-state index in [1.54, 1.807) is 7.11 Å². The summed E-state index contributed by atoms with van der Waals surface area (Å²) in [5, 5.41) is 0.776. The number of nitrogens with two attached hydrogens (primary N) is 1. The Morgan fingerprint density at radius 3 is 2.73 bits per heavy atom. The zero-order valence-electron chi connectivity index (χ0n) is 8.92. The summed E-state index contributed by atoms with van der Waals surface area (Å²) in [6.07, 6.45) is 3.19. The summed E-state index contributed by atoms with van der Waals surface area (Å²) < 4.78 is 5.05. The Hall–Kier alpha value is -0.570. The summed E-state index contributed by atoms with van der Waals surface area (Å²) in [5.74, 6) is 0. The van der Waals surface area contributed by atoms with Crippen molar-refractivity contribution in [1.82, 2.24) is 0 Å². The van der Waals surface area contributed by atoms with Crippen LogP contribution in [0, 0.1) is 0 Å². The van der Waals surface area contributed by atoms with Gasteiger partial charge in [-0.3, -0.25) is 0 Å². The summed E-state index contributed by atoms with van der Waals surface area (Å²) in [7, 11) is 1.67. The molecule has 0 heterocycles. The molecule has 2 rings (SSSR count). The molecule has 1 aliphatic carbocycles. The molecular weight excluding hydrogens is 210 g/mol. The third kappa shape index (κ3) is 2.71. The number of rotatable bonds is 4. The number of hydrogen-bond donors (Lipinski definition) is 1. The molecule has 1 saturated carbocycles. The Bertz CT molecular complexity index is 361. The first-order chi connectivity index (χ1) is 7.13. The number of halogens is 1. The molecule has 0 radical (unpaired) electrons. The van der Waals surface area contributed by atoms with Crippen molar-refractivity contribution in [3.63, 3.8) is 0 Å². The van der Waals surface area contributed by atoms with Crippen LogP contribution >= 0.6 is 11.6 Å². The van der Waals surface area contributed by atoms with E-state index in [1.807, 2.05) is 12.1 Å². The maximum Gasteiger partial charge on any atom is 0.0727 e. The molecule has 1 aromatic rings. The molecule has 2 N–H and O–H groups in total. The minimum absolute atomic E-state index is 0.0477. The Labute approximate surface area is 95.4 Å². The lowest BCUT2D eigenvalue weighted by Crippen LogP contribution is -2.24. The van der Waals surface area contributed by atoms with Crippen LogP contribution in [0.15, 0.2) is 18.2 Å². The highest BCUT2D eigenvalue weighted by molar-refractivity contribution is 6.31. The smallest absolute Gasteiger partial charge is 0.0727 e. The third-order valence-electron chi connectivity index (χ3n) is 2.87. The highest BCUT2D eigenvalue weighted by Gasteiger charge is 2.37. The molecule has 1 aromatic carbocycles. The minimum Gasteiger partial charge on any atom is -0.380 e. The maximum absolute atomic E-state index is 6.14. The second kappa shape index (κ2) is 4.12. The van der Waals surface area contributed by atoms with E-state index in [9.17, 15) is 0 Å². The van der Waals surface area contributed by atoms with Gasteiger partial charge in [0.15, 0.2) is 0 Å². The van der Waals surface area contributed by atoms with Crippen molar-refractivity contribution >= 4 is 11.6 Å². The molecule has 3 heteroatoms. The highest BCUT2D eigenvalue weighted by atomic mass is 35.5. The van der Waals surface area contributed by atoms with Crippen LogP contribution in [0.25, 0.3) is 0 Å². The molecule has 2 nitrogen and oxygen atoms in total. The van der Waals surface area contributed by atoms with Gasteiger partial charge in [-0.2, -0.15) is 0 Å². The van der Waals surface area contributed by atoms with E-state index in [4.69, 9.17) is 22.1 Å². The predicted molar refractivity (Wildman–Crippen MR) is 62.0 cm³/mol. The van der Waals surface area contributed by atoms with Gasteiger partial charge in [0, 0.05) is 17.7 Å². The Morgan fingerprint density at radius 2 is 2.20 bits per heavy atom. The molecule has 0 amide bonds. The normalized spacial score (nSPS) is 17.8. The zero-order valence-corrected chi connectivity index (χ0v) is 9.68. The highest BCUT2D eigenvalue weighted by Crippen LogP contribution is 2.36. The van der Waals surface area contributed by atoms with Crippen LogP contribution in [0.1, 0.15) is 24.0 Å². The largest absolute Gasteiger partial charge is 0.380 e. The fourth-order valence-electron chi connectivity index (χ4n) is 1.72. The zero-order chi connectivity index (χ0) is 10.9. The molecule has 15 heavy (non-hydrogen) atoms. The standard InChI is InChI=1S/C12H16ClNO/c1-15-8-10-3-2-9(6-11(10)13)7-12(14)4-5-12/h2-3,6H,4-5,7-8,14H2,1H3. The van der Waals surface area contributed by atoms with Crippen molar-refractivity contribution < 1.29 is 4.74 Å². The average molecular weight is 226 g/mol. The lowest BCUT2D eigenvalue weighted by atomic mass is 10.0. The third-order valence-corrected chi connectivity index (χ3v) is 3.22. The van der Waals surface area contributed by atoms with E-state index < -0.39 is 0 Å². The van der Waals surface area contributed by atoms with Gasteiger partial charge in [-0.1, -0.05) is 23.7 Å². The van der Waals surface area contributed by atoms with Gasteiger partial charge < -0.3 is 10.5 Å². The molecular formula is C12H16ClNO. The van der Waals surface area contributed by atoms with Crippen LogP contribution in [-0.2, 0) is 17.8 Å². The molecule has 1 aliphatic rings. The molecule has 1 fully saturated rings. The maximum atomic E-state index is 6.14. The van der Waals surface area contributed by atoms with E-state index in [2.05, 4.69) is 6.07 Å². The van der Waals surface area contributed by atoms with Gasteiger partial charge in [-0.25, -0.2) is 0 Å². The average Bonchev–Trinajstić information content (AvgIpc) is 2.89.